The van der Waals surface area contributed by atoms with Crippen molar-refractivity contribution in [2.45, 2.75) is 19.1 Å². The van der Waals surface area contributed by atoms with Crippen LogP contribution in [0.3, 0.4) is 0 Å². The van der Waals surface area contributed by atoms with E-state index >= 15 is 0 Å². The molecule has 0 aliphatic carbocycles. The second kappa shape index (κ2) is 2.60. The third kappa shape index (κ3) is 1.39. The molecule has 0 spiro atoms. The lowest BCUT2D eigenvalue weighted by Gasteiger charge is -2.12. The first-order valence-corrected chi connectivity index (χ1v) is 4.12. The van der Waals surface area contributed by atoms with Crippen molar-refractivity contribution in [1.82, 2.24) is 4.90 Å². The number of nitrogens with zero attached hydrogens (tertiary/aromatic N) is 1. The number of amidine groups is 1. The third-order valence-corrected chi connectivity index (χ3v) is 2.49. The quantitative estimate of drug-likeness (QED) is 0.602. The Morgan fingerprint density at radius 2 is 2.56 bits per heavy atom. The number of thioether (sulfide) groups is 1. The zero-order chi connectivity index (χ0) is 6.85. The van der Waals surface area contributed by atoms with Gasteiger partial charge in [-0.2, -0.15) is 0 Å². The maximum absolute atomic E-state index is 7.43. The molecule has 3 heteroatoms. The summed E-state index contributed by atoms with van der Waals surface area (Å²) >= 11 is 1.66. The normalized spacial score (nSPS) is 27.6. The van der Waals surface area contributed by atoms with Gasteiger partial charge in [0.25, 0.3) is 0 Å². The number of rotatable bonds is 1. The van der Waals surface area contributed by atoms with E-state index in [0.29, 0.717) is 5.25 Å². The predicted octanol–water partition coefficient (Wildman–Crippen LogP) is 1.38. The van der Waals surface area contributed by atoms with Gasteiger partial charge in [0.1, 0.15) is 0 Å². The molecule has 1 rings (SSSR count). The number of hydrogen-bond acceptors (Lipinski definition) is 2. The highest BCUT2D eigenvalue weighted by atomic mass is 32.2. The lowest BCUT2D eigenvalue weighted by atomic mass is 10.4. The fourth-order valence-corrected chi connectivity index (χ4v) is 1.96. The molecule has 1 heterocycles. The minimum absolute atomic E-state index is 0.623. The van der Waals surface area contributed by atoms with Gasteiger partial charge < -0.3 is 4.90 Å². The summed E-state index contributed by atoms with van der Waals surface area (Å²) in [5.41, 5.74) is 0. The zero-order valence-corrected chi connectivity index (χ0v) is 6.66. The van der Waals surface area contributed by atoms with Gasteiger partial charge in [-0.15, -0.1) is 0 Å². The standard InChI is InChI=1S/C6H12N2S/c1-3-8-4-5(2)9-6(8)7/h5,7H,3-4H2,1-2H3/t5-/m0/s1. The lowest BCUT2D eigenvalue weighted by molar-refractivity contribution is 0.464. The first kappa shape index (κ1) is 6.93. The molecule has 1 N–H and O–H groups in total. The van der Waals surface area contributed by atoms with E-state index < -0.39 is 0 Å². The van der Waals surface area contributed by atoms with Crippen LogP contribution in [-0.2, 0) is 0 Å². The molecular weight excluding hydrogens is 132 g/mol. The second-order valence-electron chi connectivity index (χ2n) is 2.27. The highest BCUT2D eigenvalue weighted by molar-refractivity contribution is 8.14. The van der Waals surface area contributed by atoms with Crippen LogP contribution in [0.5, 0.6) is 0 Å². The van der Waals surface area contributed by atoms with Gasteiger partial charge in [-0.25, -0.2) is 0 Å². The molecule has 0 amide bonds. The number of nitrogens with one attached hydrogen (secondary N) is 1. The van der Waals surface area contributed by atoms with Gasteiger partial charge in [0.2, 0.25) is 0 Å². The SMILES string of the molecule is CCN1C[C@H](C)SC1=N. The Bertz CT molecular complexity index is 124. The van der Waals surface area contributed by atoms with Crippen LogP contribution in [0.2, 0.25) is 0 Å². The van der Waals surface area contributed by atoms with Crippen molar-refractivity contribution < 1.29 is 0 Å². The van der Waals surface area contributed by atoms with Crippen molar-refractivity contribution in [1.29, 1.82) is 5.41 Å². The molecule has 52 valence electrons. The van der Waals surface area contributed by atoms with Gasteiger partial charge in [0.15, 0.2) is 5.17 Å². The summed E-state index contributed by atoms with van der Waals surface area (Å²) in [4.78, 5) is 2.09. The van der Waals surface area contributed by atoms with Crippen molar-refractivity contribution in [3.05, 3.63) is 0 Å². The van der Waals surface area contributed by atoms with E-state index in [9.17, 15) is 0 Å². The number of hydrogen-bond donors (Lipinski definition) is 1. The van der Waals surface area contributed by atoms with Gasteiger partial charge in [-0.05, 0) is 6.92 Å². The monoisotopic (exact) mass is 144 g/mol. The van der Waals surface area contributed by atoms with E-state index in [1.807, 2.05) is 0 Å². The largest absolute Gasteiger partial charge is 0.351 e. The van der Waals surface area contributed by atoms with E-state index in [-0.39, 0.29) is 0 Å². The molecule has 0 unspecified atom stereocenters. The van der Waals surface area contributed by atoms with E-state index in [0.717, 1.165) is 18.3 Å². The molecule has 1 fully saturated rings. The van der Waals surface area contributed by atoms with Crippen LogP contribution < -0.4 is 0 Å². The van der Waals surface area contributed by atoms with Gasteiger partial charge in [0.05, 0.1) is 0 Å². The Labute approximate surface area is 60.1 Å². The Kier molecular flexibility index (Phi) is 2.01. The van der Waals surface area contributed by atoms with Gasteiger partial charge in [-0.1, -0.05) is 18.7 Å². The molecule has 0 bridgehead atoms. The van der Waals surface area contributed by atoms with E-state index in [4.69, 9.17) is 5.41 Å². The van der Waals surface area contributed by atoms with E-state index in [2.05, 4.69) is 18.7 Å². The van der Waals surface area contributed by atoms with Gasteiger partial charge >= 0.3 is 0 Å². The lowest BCUT2D eigenvalue weighted by Crippen LogP contribution is -2.23. The summed E-state index contributed by atoms with van der Waals surface area (Å²) in [5.74, 6) is 0. The summed E-state index contributed by atoms with van der Waals surface area (Å²) in [7, 11) is 0. The molecule has 0 aromatic carbocycles. The topological polar surface area (TPSA) is 27.1 Å². The smallest absolute Gasteiger partial charge is 0.156 e. The van der Waals surface area contributed by atoms with Crippen LogP contribution in [-0.4, -0.2) is 28.4 Å². The van der Waals surface area contributed by atoms with E-state index in [1.54, 1.807) is 11.8 Å². The van der Waals surface area contributed by atoms with Crippen LogP contribution in [0, 0.1) is 5.41 Å². The third-order valence-electron chi connectivity index (χ3n) is 1.46. The molecule has 1 atom stereocenters. The van der Waals surface area contributed by atoms with Crippen LogP contribution in [0.1, 0.15) is 13.8 Å². The van der Waals surface area contributed by atoms with Crippen molar-refractivity contribution in [2.24, 2.45) is 0 Å². The van der Waals surface area contributed by atoms with Crippen molar-refractivity contribution in [2.75, 3.05) is 13.1 Å². The van der Waals surface area contributed by atoms with E-state index in [1.165, 1.54) is 0 Å². The van der Waals surface area contributed by atoms with Crippen molar-refractivity contribution in [3.8, 4) is 0 Å². The summed E-state index contributed by atoms with van der Waals surface area (Å²) in [5, 5.41) is 8.79. The Morgan fingerprint density at radius 3 is 2.78 bits per heavy atom. The highest BCUT2D eigenvalue weighted by Gasteiger charge is 2.21. The Balaban J connectivity index is 2.48. The summed E-state index contributed by atoms with van der Waals surface area (Å²) in [6.07, 6.45) is 0. The average molecular weight is 144 g/mol. The van der Waals surface area contributed by atoms with Gasteiger partial charge in [0, 0.05) is 18.3 Å². The molecule has 0 saturated carbocycles. The minimum Gasteiger partial charge on any atom is -0.351 e. The second-order valence-corrected chi connectivity index (χ2v) is 3.70. The molecule has 1 aliphatic rings. The maximum atomic E-state index is 7.43. The highest BCUT2D eigenvalue weighted by Crippen LogP contribution is 2.22. The molecule has 1 aliphatic heterocycles. The van der Waals surface area contributed by atoms with Gasteiger partial charge in [-0.3, -0.25) is 5.41 Å². The van der Waals surface area contributed by atoms with Crippen LogP contribution in [0.15, 0.2) is 0 Å². The van der Waals surface area contributed by atoms with Crippen LogP contribution in [0.4, 0.5) is 0 Å². The fourth-order valence-electron chi connectivity index (χ4n) is 0.968. The zero-order valence-electron chi connectivity index (χ0n) is 5.85. The fraction of sp³-hybridized carbons (Fsp3) is 0.833. The van der Waals surface area contributed by atoms with Crippen molar-refractivity contribution in [3.63, 3.8) is 0 Å². The van der Waals surface area contributed by atoms with Crippen LogP contribution in [0.25, 0.3) is 0 Å². The molecule has 2 nitrogen and oxygen atoms in total. The minimum atomic E-state index is 0.623. The Hall–Kier alpha value is -0.180. The molecule has 9 heavy (non-hydrogen) atoms. The summed E-state index contributed by atoms with van der Waals surface area (Å²) in [6.45, 7) is 6.29. The first-order valence-electron chi connectivity index (χ1n) is 3.24. The molecule has 0 aromatic rings. The molecule has 0 aromatic heterocycles. The molecular formula is C6H12N2S. The molecule has 0 radical (unpaired) electrons. The maximum Gasteiger partial charge on any atom is 0.156 e. The molecule has 1 saturated heterocycles. The Morgan fingerprint density at radius 1 is 1.89 bits per heavy atom. The first-order chi connectivity index (χ1) is 4.24. The predicted molar refractivity (Wildman–Crippen MR) is 42.0 cm³/mol. The van der Waals surface area contributed by atoms with Crippen molar-refractivity contribution >= 4 is 16.9 Å². The van der Waals surface area contributed by atoms with Crippen LogP contribution >= 0.6 is 11.8 Å². The summed E-state index contributed by atoms with van der Waals surface area (Å²) < 4.78 is 0. The summed E-state index contributed by atoms with van der Waals surface area (Å²) in [6, 6.07) is 0. The average Bonchev–Trinajstić information content (AvgIpc) is 2.10.